The molecule has 3 nitrogen and oxygen atoms in total. The molecule has 0 fully saturated rings. The van der Waals surface area contributed by atoms with E-state index in [4.69, 9.17) is 4.74 Å². The van der Waals surface area contributed by atoms with Crippen LogP contribution in [0.25, 0.3) is 0 Å². The van der Waals surface area contributed by atoms with E-state index in [1.165, 1.54) is 0 Å². The minimum absolute atomic E-state index is 0.118. The first kappa shape index (κ1) is 16.1. The highest BCUT2D eigenvalue weighted by Gasteiger charge is 2.10. The minimum Gasteiger partial charge on any atom is -0.493 e. The van der Waals surface area contributed by atoms with Crippen molar-refractivity contribution in [3.63, 3.8) is 0 Å². The second kappa shape index (κ2) is 7.12. The van der Waals surface area contributed by atoms with E-state index in [-0.39, 0.29) is 5.91 Å². The summed E-state index contributed by atoms with van der Waals surface area (Å²) in [6.07, 6.45) is 0. The summed E-state index contributed by atoms with van der Waals surface area (Å²) in [4.78, 5) is 12.4. The lowest BCUT2D eigenvalue weighted by molar-refractivity contribution is 0.102. The summed E-state index contributed by atoms with van der Waals surface area (Å²) in [5.41, 5.74) is 3.59. The number of ether oxygens (including phenoxy) is 1. The van der Waals surface area contributed by atoms with Gasteiger partial charge in [0.2, 0.25) is 0 Å². The molecule has 2 rings (SSSR count). The van der Waals surface area contributed by atoms with Gasteiger partial charge in [0, 0.05) is 11.3 Å². The molecule has 2 aromatic carbocycles. The van der Waals surface area contributed by atoms with E-state index in [1.807, 2.05) is 44.2 Å². The van der Waals surface area contributed by atoms with Crippen molar-refractivity contribution in [2.45, 2.75) is 27.7 Å². The Hall–Kier alpha value is -2.29. The molecule has 0 saturated heterocycles. The van der Waals surface area contributed by atoms with Crippen molar-refractivity contribution < 1.29 is 9.53 Å². The molecule has 0 radical (unpaired) electrons. The topological polar surface area (TPSA) is 38.3 Å². The van der Waals surface area contributed by atoms with E-state index in [2.05, 4.69) is 19.2 Å². The third kappa shape index (κ3) is 4.10. The summed E-state index contributed by atoms with van der Waals surface area (Å²) in [5, 5.41) is 2.99. The van der Waals surface area contributed by atoms with E-state index in [9.17, 15) is 4.79 Å². The van der Waals surface area contributed by atoms with Crippen LogP contribution < -0.4 is 10.1 Å². The van der Waals surface area contributed by atoms with E-state index in [0.29, 0.717) is 18.1 Å². The van der Waals surface area contributed by atoms with Crippen molar-refractivity contribution in [1.29, 1.82) is 0 Å². The molecule has 0 aliphatic heterocycles. The number of anilines is 1. The van der Waals surface area contributed by atoms with E-state index < -0.39 is 0 Å². The molecule has 0 heterocycles. The molecule has 116 valence electrons. The minimum atomic E-state index is -0.118. The molecule has 2 aromatic rings. The van der Waals surface area contributed by atoms with Gasteiger partial charge in [0.25, 0.3) is 5.91 Å². The maximum absolute atomic E-state index is 12.4. The first-order valence-electron chi connectivity index (χ1n) is 7.58. The number of carbonyl (C=O) groups is 1. The Morgan fingerprint density at radius 2 is 1.73 bits per heavy atom. The molecule has 0 aromatic heterocycles. The Morgan fingerprint density at radius 3 is 2.36 bits per heavy atom. The lowest BCUT2D eigenvalue weighted by atomic mass is 10.1. The van der Waals surface area contributed by atoms with Crippen molar-refractivity contribution in [3.8, 4) is 5.75 Å². The Morgan fingerprint density at radius 1 is 1.09 bits per heavy atom. The monoisotopic (exact) mass is 297 g/mol. The van der Waals surface area contributed by atoms with Crippen LogP contribution in [0.5, 0.6) is 5.75 Å². The Bertz CT molecular complexity index is 642. The lowest BCUT2D eigenvalue weighted by Gasteiger charge is -2.13. The summed E-state index contributed by atoms with van der Waals surface area (Å²) in [6.45, 7) is 8.81. The van der Waals surface area contributed by atoms with Gasteiger partial charge in [0.15, 0.2) is 0 Å². The molecule has 0 unspecified atom stereocenters. The number of hydrogen-bond donors (Lipinski definition) is 1. The van der Waals surface area contributed by atoms with Crippen LogP contribution in [-0.4, -0.2) is 12.5 Å². The number of rotatable bonds is 5. The molecule has 22 heavy (non-hydrogen) atoms. The fourth-order valence-corrected chi connectivity index (χ4v) is 2.19. The number of aryl methyl sites for hydroxylation is 2. The van der Waals surface area contributed by atoms with Crippen LogP contribution in [0.3, 0.4) is 0 Å². The van der Waals surface area contributed by atoms with E-state index in [1.54, 1.807) is 12.1 Å². The maximum Gasteiger partial charge on any atom is 0.255 e. The third-order valence-electron chi connectivity index (χ3n) is 3.40. The van der Waals surface area contributed by atoms with Gasteiger partial charge in [-0.2, -0.15) is 0 Å². The molecule has 0 aliphatic rings. The summed E-state index contributed by atoms with van der Waals surface area (Å²) in [5.74, 6) is 1.06. The van der Waals surface area contributed by atoms with Crippen molar-refractivity contribution >= 4 is 11.6 Å². The first-order valence-corrected chi connectivity index (χ1v) is 7.58. The molecule has 0 bridgehead atoms. The van der Waals surface area contributed by atoms with Gasteiger partial charge in [-0.3, -0.25) is 4.79 Å². The van der Waals surface area contributed by atoms with Crippen LogP contribution in [0.1, 0.15) is 35.3 Å². The summed E-state index contributed by atoms with van der Waals surface area (Å²) < 4.78 is 5.68. The molecule has 0 saturated carbocycles. The normalized spacial score (nSPS) is 10.6. The van der Waals surface area contributed by atoms with Gasteiger partial charge < -0.3 is 10.1 Å². The van der Waals surface area contributed by atoms with Gasteiger partial charge in [-0.15, -0.1) is 0 Å². The van der Waals surface area contributed by atoms with Gasteiger partial charge in [-0.1, -0.05) is 38.1 Å². The van der Waals surface area contributed by atoms with Crippen LogP contribution in [0.15, 0.2) is 42.5 Å². The quantitative estimate of drug-likeness (QED) is 0.876. The number of benzene rings is 2. The molecule has 3 heteroatoms. The predicted octanol–water partition coefficient (Wildman–Crippen LogP) is 4.59. The van der Waals surface area contributed by atoms with Crippen molar-refractivity contribution in [3.05, 3.63) is 59.2 Å². The zero-order valence-corrected chi connectivity index (χ0v) is 13.6. The first-order chi connectivity index (χ1) is 10.5. The predicted molar refractivity (Wildman–Crippen MR) is 90.6 cm³/mol. The summed E-state index contributed by atoms with van der Waals surface area (Å²) in [7, 11) is 0. The van der Waals surface area contributed by atoms with Gasteiger partial charge in [0.05, 0.1) is 6.61 Å². The number of para-hydroxylation sites is 1. The molecule has 0 spiro atoms. The van der Waals surface area contributed by atoms with E-state index in [0.717, 1.165) is 22.6 Å². The zero-order chi connectivity index (χ0) is 16.1. The Balaban J connectivity index is 2.14. The highest BCUT2D eigenvalue weighted by Crippen LogP contribution is 2.21. The van der Waals surface area contributed by atoms with Crippen LogP contribution in [0.4, 0.5) is 5.69 Å². The standard InChI is InChI=1S/C19H23NO2/c1-13(2)12-22-17-10-6-9-16(11-17)19(21)20-18-14(3)7-5-8-15(18)4/h5-11,13H,12H2,1-4H3,(H,20,21). The van der Waals surface area contributed by atoms with Crippen molar-refractivity contribution in [1.82, 2.24) is 0 Å². The number of carbonyl (C=O) groups excluding carboxylic acids is 1. The second-order valence-electron chi connectivity index (χ2n) is 5.95. The average molecular weight is 297 g/mol. The maximum atomic E-state index is 12.4. The molecule has 1 amide bonds. The van der Waals surface area contributed by atoms with E-state index >= 15 is 0 Å². The highest BCUT2D eigenvalue weighted by molar-refractivity contribution is 6.05. The van der Waals surface area contributed by atoms with Gasteiger partial charge in [-0.05, 0) is 49.1 Å². The summed E-state index contributed by atoms with van der Waals surface area (Å²) >= 11 is 0. The molecular weight excluding hydrogens is 274 g/mol. The second-order valence-corrected chi connectivity index (χ2v) is 5.95. The number of hydrogen-bond acceptors (Lipinski definition) is 2. The van der Waals surface area contributed by atoms with Crippen molar-refractivity contribution in [2.75, 3.05) is 11.9 Å². The van der Waals surface area contributed by atoms with Gasteiger partial charge in [0.1, 0.15) is 5.75 Å². The van der Waals surface area contributed by atoms with Crippen LogP contribution in [0, 0.1) is 19.8 Å². The molecule has 0 atom stereocenters. The largest absolute Gasteiger partial charge is 0.493 e. The Kier molecular flexibility index (Phi) is 5.21. The zero-order valence-electron chi connectivity index (χ0n) is 13.6. The third-order valence-corrected chi connectivity index (χ3v) is 3.40. The van der Waals surface area contributed by atoms with Gasteiger partial charge in [-0.25, -0.2) is 0 Å². The fraction of sp³-hybridized carbons (Fsp3) is 0.316. The van der Waals surface area contributed by atoms with Crippen LogP contribution in [-0.2, 0) is 0 Å². The molecule has 1 N–H and O–H groups in total. The fourth-order valence-electron chi connectivity index (χ4n) is 2.19. The highest BCUT2D eigenvalue weighted by atomic mass is 16.5. The van der Waals surface area contributed by atoms with Crippen LogP contribution >= 0.6 is 0 Å². The Labute approximate surface area is 132 Å². The number of amides is 1. The SMILES string of the molecule is Cc1cccc(C)c1NC(=O)c1cccc(OCC(C)C)c1. The smallest absolute Gasteiger partial charge is 0.255 e. The van der Waals surface area contributed by atoms with Gasteiger partial charge >= 0.3 is 0 Å². The average Bonchev–Trinajstić information content (AvgIpc) is 2.49. The molecule has 0 aliphatic carbocycles. The number of nitrogens with one attached hydrogen (secondary N) is 1. The summed E-state index contributed by atoms with van der Waals surface area (Å²) in [6, 6.07) is 13.3. The molecular formula is C19H23NO2. The van der Waals surface area contributed by atoms with Crippen molar-refractivity contribution in [2.24, 2.45) is 5.92 Å². The van der Waals surface area contributed by atoms with Crippen LogP contribution in [0.2, 0.25) is 0 Å². The lowest BCUT2D eigenvalue weighted by Crippen LogP contribution is -2.14.